The standard InChI is InChI=1S/C53H98NO8P/c1-3-5-7-9-11-13-15-17-19-20-21-22-23-24-25-26-27-28-29-30-32-34-36-38-40-42-44-46-53(56)62-51(50-61-63(57,58)60-48-47-54)49-59-52(55)45-43-41-39-37-35-33-31-18-16-14-12-10-8-6-4-2/h15,17-18,20-21,23-24,31,51H,3-14,16,19,22,25-30,32-50,54H2,1-2H3,(H,57,58)/b17-15-,21-20-,24-23-,31-18-. The zero-order chi connectivity index (χ0) is 46.0. The molecular formula is C53H98NO8P. The van der Waals surface area contributed by atoms with Crippen molar-refractivity contribution in [1.82, 2.24) is 0 Å². The van der Waals surface area contributed by atoms with Crippen molar-refractivity contribution >= 4 is 19.8 Å². The van der Waals surface area contributed by atoms with Crippen molar-refractivity contribution in [3.8, 4) is 0 Å². The monoisotopic (exact) mass is 908 g/mol. The maximum atomic E-state index is 12.7. The summed E-state index contributed by atoms with van der Waals surface area (Å²) < 4.78 is 32.9. The zero-order valence-electron chi connectivity index (χ0n) is 40.8. The average Bonchev–Trinajstić information content (AvgIpc) is 3.27. The highest BCUT2D eigenvalue weighted by Crippen LogP contribution is 2.43. The Morgan fingerprint density at radius 1 is 0.476 bits per heavy atom. The Labute approximate surface area is 387 Å². The van der Waals surface area contributed by atoms with Gasteiger partial charge in [0.25, 0.3) is 0 Å². The topological polar surface area (TPSA) is 134 Å². The predicted octanol–water partition coefficient (Wildman–Crippen LogP) is 15.8. The van der Waals surface area contributed by atoms with Crippen molar-refractivity contribution in [2.45, 2.75) is 251 Å². The molecule has 368 valence electrons. The van der Waals surface area contributed by atoms with E-state index < -0.39 is 26.5 Å². The van der Waals surface area contributed by atoms with Gasteiger partial charge in [-0.15, -0.1) is 0 Å². The molecule has 0 aliphatic rings. The van der Waals surface area contributed by atoms with Crippen LogP contribution in [0.5, 0.6) is 0 Å². The fraction of sp³-hybridized carbons (Fsp3) is 0.811. The second-order valence-corrected chi connectivity index (χ2v) is 18.8. The van der Waals surface area contributed by atoms with Gasteiger partial charge in [-0.3, -0.25) is 18.6 Å². The molecule has 0 aliphatic heterocycles. The molecule has 0 aromatic rings. The Kier molecular flexibility index (Phi) is 47.8. The number of phosphoric acid groups is 1. The number of esters is 2. The molecule has 0 aliphatic carbocycles. The second-order valence-electron chi connectivity index (χ2n) is 17.4. The van der Waals surface area contributed by atoms with Gasteiger partial charge < -0.3 is 20.1 Å². The van der Waals surface area contributed by atoms with Gasteiger partial charge in [-0.1, -0.05) is 204 Å². The minimum absolute atomic E-state index is 0.0514. The molecule has 0 saturated heterocycles. The van der Waals surface area contributed by atoms with Crippen LogP contribution in [-0.2, 0) is 32.7 Å². The summed E-state index contributed by atoms with van der Waals surface area (Å²) >= 11 is 0. The lowest BCUT2D eigenvalue weighted by Crippen LogP contribution is -2.29. The van der Waals surface area contributed by atoms with Crippen molar-refractivity contribution in [2.75, 3.05) is 26.4 Å². The predicted molar refractivity (Wildman–Crippen MR) is 266 cm³/mol. The molecule has 0 spiro atoms. The number of hydrogen-bond donors (Lipinski definition) is 2. The molecule has 2 unspecified atom stereocenters. The lowest BCUT2D eigenvalue weighted by molar-refractivity contribution is -0.161. The number of phosphoric ester groups is 1. The van der Waals surface area contributed by atoms with Crippen molar-refractivity contribution in [3.63, 3.8) is 0 Å². The summed E-state index contributed by atoms with van der Waals surface area (Å²) in [6.45, 7) is 3.73. The van der Waals surface area contributed by atoms with Gasteiger partial charge >= 0.3 is 19.8 Å². The second kappa shape index (κ2) is 49.4. The lowest BCUT2D eigenvalue weighted by atomic mass is 10.0. The summed E-state index contributed by atoms with van der Waals surface area (Å²) in [5.74, 6) is -0.835. The van der Waals surface area contributed by atoms with E-state index in [2.05, 4.69) is 62.5 Å². The van der Waals surface area contributed by atoms with Crippen molar-refractivity contribution < 1.29 is 37.6 Å². The molecular weight excluding hydrogens is 810 g/mol. The largest absolute Gasteiger partial charge is 0.472 e. The first-order valence-electron chi connectivity index (χ1n) is 26.1. The highest BCUT2D eigenvalue weighted by Gasteiger charge is 2.26. The van der Waals surface area contributed by atoms with Gasteiger partial charge in [-0.2, -0.15) is 0 Å². The van der Waals surface area contributed by atoms with Crippen LogP contribution in [0.4, 0.5) is 0 Å². The molecule has 0 aromatic carbocycles. The highest BCUT2D eigenvalue weighted by atomic mass is 31.2. The van der Waals surface area contributed by atoms with Crippen LogP contribution in [0.2, 0.25) is 0 Å². The minimum Gasteiger partial charge on any atom is -0.462 e. The molecule has 2 atom stereocenters. The number of ether oxygens (including phenoxy) is 2. The number of carbonyl (C=O) groups is 2. The van der Waals surface area contributed by atoms with E-state index in [4.69, 9.17) is 24.3 Å². The maximum Gasteiger partial charge on any atom is 0.472 e. The van der Waals surface area contributed by atoms with Crippen LogP contribution >= 0.6 is 7.82 Å². The van der Waals surface area contributed by atoms with E-state index in [1.165, 1.54) is 141 Å². The Balaban J connectivity index is 4.01. The molecule has 10 heteroatoms. The van der Waals surface area contributed by atoms with Crippen LogP contribution in [0.25, 0.3) is 0 Å². The van der Waals surface area contributed by atoms with Crippen LogP contribution in [0.1, 0.15) is 245 Å². The summed E-state index contributed by atoms with van der Waals surface area (Å²) in [6.07, 6.45) is 58.7. The minimum atomic E-state index is -4.38. The number of unbranched alkanes of at least 4 members (excludes halogenated alkanes) is 28. The van der Waals surface area contributed by atoms with Gasteiger partial charge in [-0.25, -0.2) is 4.57 Å². The van der Waals surface area contributed by atoms with Gasteiger partial charge in [0.15, 0.2) is 6.10 Å². The van der Waals surface area contributed by atoms with Gasteiger partial charge in [0.2, 0.25) is 0 Å². The molecule has 9 nitrogen and oxygen atoms in total. The molecule has 3 N–H and O–H groups in total. The molecule has 63 heavy (non-hydrogen) atoms. The summed E-state index contributed by atoms with van der Waals surface area (Å²) in [7, 11) is -4.38. The van der Waals surface area contributed by atoms with Crippen molar-refractivity contribution in [1.29, 1.82) is 0 Å². The van der Waals surface area contributed by atoms with E-state index in [0.29, 0.717) is 6.42 Å². The van der Waals surface area contributed by atoms with Gasteiger partial charge in [-0.05, 0) is 77.0 Å². The SMILES string of the molecule is CCCCCCC/C=C\C/C=C\C/C=C\CCCCCCCCCCCCCCC(=O)OC(COC(=O)CCCCCCC/C=C\CCCCCCCC)COP(=O)(O)OCCN. The first-order chi connectivity index (χ1) is 30.8. The van der Waals surface area contributed by atoms with E-state index in [1.807, 2.05) is 0 Å². The third kappa shape index (κ3) is 49.2. The van der Waals surface area contributed by atoms with Gasteiger partial charge in [0.1, 0.15) is 6.61 Å². The quantitative estimate of drug-likeness (QED) is 0.0265. The molecule has 0 amide bonds. The summed E-state index contributed by atoms with van der Waals surface area (Å²) in [4.78, 5) is 35.0. The Hall–Kier alpha value is -2.03. The number of hydrogen-bond acceptors (Lipinski definition) is 8. The molecule has 0 saturated carbocycles. The Morgan fingerprint density at radius 3 is 1.24 bits per heavy atom. The van der Waals surface area contributed by atoms with Crippen molar-refractivity contribution in [3.05, 3.63) is 48.6 Å². The molecule has 0 bridgehead atoms. The molecule has 0 fully saturated rings. The molecule has 0 heterocycles. The zero-order valence-corrected chi connectivity index (χ0v) is 41.7. The first kappa shape index (κ1) is 61.0. The summed E-state index contributed by atoms with van der Waals surface area (Å²) in [6, 6.07) is 0. The molecule has 0 rings (SSSR count). The fourth-order valence-electron chi connectivity index (χ4n) is 7.28. The van der Waals surface area contributed by atoms with E-state index in [9.17, 15) is 19.0 Å². The van der Waals surface area contributed by atoms with E-state index in [1.54, 1.807) is 0 Å². The van der Waals surface area contributed by atoms with Crippen LogP contribution < -0.4 is 5.73 Å². The Morgan fingerprint density at radius 2 is 0.825 bits per heavy atom. The number of allylic oxidation sites excluding steroid dienone is 8. The first-order valence-corrected chi connectivity index (χ1v) is 27.6. The average molecular weight is 908 g/mol. The number of rotatable bonds is 49. The highest BCUT2D eigenvalue weighted by molar-refractivity contribution is 7.47. The normalized spacial score (nSPS) is 13.5. The van der Waals surface area contributed by atoms with Crippen molar-refractivity contribution in [2.24, 2.45) is 5.73 Å². The van der Waals surface area contributed by atoms with Crippen LogP contribution in [0.3, 0.4) is 0 Å². The number of carbonyl (C=O) groups excluding carboxylic acids is 2. The molecule has 0 aromatic heterocycles. The van der Waals surface area contributed by atoms with Gasteiger partial charge in [0, 0.05) is 19.4 Å². The van der Waals surface area contributed by atoms with Gasteiger partial charge in [0.05, 0.1) is 13.2 Å². The maximum absolute atomic E-state index is 12.7. The lowest BCUT2D eigenvalue weighted by Gasteiger charge is -2.19. The number of nitrogens with two attached hydrogens (primary N) is 1. The van der Waals surface area contributed by atoms with E-state index in [-0.39, 0.29) is 38.6 Å². The summed E-state index contributed by atoms with van der Waals surface area (Å²) in [5.41, 5.74) is 5.37. The smallest absolute Gasteiger partial charge is 0.462 e. The Bertz CT molecular complexity index is 1170. The van der Waals surface area contributed by atoms with Crippen LogP contribution in [0.15, 0.2) is 48.6 Å². The summed E-state index contributed by atoms with van der Waals surface area (Å²) in [5, 5.41) is 0. The van der Waals surface area contributed by atoms with E-state index in [0.717, 1.165) is 70.6 Å². The molecule has 0 radical (unpaired) electrons. The van der Waals surface area contributed by atoms with E-state index >= 15 is 0 Å². The third-order valence-electron chi connectivity index (χ3n) is 11.2. The van der Waals surface area contributed by atoms with Crippen LogP contribution in [0, 0.1) is 0 Å². The fourth-order valence-corrected chi connectivity index (χ4v) is 8.05. The third-order valence-corrected chi connectivity index (χ3v) is 12.2. The van der Waals surface area contributed by atoms with Crippen LogP contribution in [-0.4, -0.2) is 49.3 Å².